The Kier molecular flexibility index (Phi) is 14.1. The summed E-state index contributed by atoms with van der Waals surface area (Å²) < 4.78 is 60.3. The average molecular weight is 847 g/mol. The lowest BCUT2D eigenvalue weighted by atomic mass is 10.0. The first kappa shape index (κ1) is 42.4. The zero-order valence-corrected chi connectivity index (χ0v) is 31.8. The predicted octanol–water partition coefficient (Wildman–Crippen LogP) is 0.324. The largest absolute Gasteiger partial charge is 0.538 e. The Balaban J connectivity index is 0.943. The fourth-order valence-electron chi connectivity index (χ4n) is 5.97. The summed E-state index contributed by atoms with van der Waals surface area (Å²) in [5, 5.41) is 29.8. The van der Waals surface area contributed by atoms with E-state index in [1.165, 1.54) is 10.9 Å². The molecule has 0 aromatic carbocycles. The molecule has 5 heterocycles. The summed E-state index contributed by atoms with van der Waals surface area (Å²) >= 11 is 1.81. The number of hydrogen-bond donors (Lipinski definition) is 9. The molecule has 24 nitrogen and oxygen atoms in total. The number of ether oxygens (including phenoxy) is 1. The Bertz CT molecular complexity index is 1830. The molecule has 3 amide bonds. The number of phosphoric ester groups is 2. The summed E-state index contributed by atoms with van der Waals surface area (Å²) in [5.41, 5.74) is 6.03. The number of carbonyl (C=O) groups excluding carboxylic acids is 3. The van der Waals surface area contributed by atoms with E-state index in [2.05, 4.69) is 48.6 Å². The van der Waals surface area contributed by atoms with Crippen molar-refractivity contribution in [1.29, 1.82) is 0 Å². The third-order valence-electron chi connectivity index (χ3n) is 8.49. The second-order valence-corrected chi connectivity index (χ2v) is 18.3. The van der Waals surface area contributed by atoms with E-state index in [1.54, 1.807) is 0 Å². The highest BCUT2D eigenvalue weighted by atomic mass is 32.2. The van der Waals surface area contributed by atoms with Gasteiger partial charge in [0.05, 0.1) is 25.0 Å². The van der Waals surface area contributed by atoms with Crippen LogP contribution >= 0.6 is 35.2 Å². The molecule has 2 aromatic heterocycles. The summed E-state index contributed by atoms with van der Waals surface area (Å²) in [4.78, 5) is 77.0. The Morgan fingerprint density at radius 3 is 2.50 bits per heavy atom. The first-order chi connectivity index (χ1) is 25.4. The minimum Gasteiger partial charge on any atom is -0.387 e. The summed E-state index contributed by atoms with van der Waals surface area (Å²) in [7, 11) is -17.2. The number of aromatic nitrogens is 4. The van der Waals surface area contributed by atoms with Crippen molar-refractivity contribution in [3.8, 4) is 0 Å². The van der Waals surface area contributed by atoms with Crippen LogP contribution < -0.4 is 21.7 Å². The van der Waals surface area contributed by atoms with E-state index in [1.807, 2.05) is 11.8 Å². The average Bonchev–Trinajstić information content (AvgIpc) is 3.83. The molecule has 0 radical (unpaired) electrons. The summed E-state index contributed by atoms with van der Waals surface area (Å²) in [6.07, 6.45) is -0.565. The van der Waals surface area contributed by atoms with Crippen LogP contribution in [0.3, 0.4) is 0 Å². The fourth-order valence-corrected chi connectivity index (χ4v) is 11.0. The van der Waals surface area contributed by atoms with Crippen molar-refractivity contribution in [3.05, 3.63) is 12.7 Å². The van der Waals surface area contributed by atoms with Gasteiger partial charge >= 0.3 is 35.5 Å². The molecule has 3 aliphatic heterocycles. The van der Waals surface area contributed by atoms with Gasteiger partial charge in [0.1, 0.15) is 30.2 Å². The van der Waals surface area contributed by atoms with Crippen molar-refractivity contribution in [2.75, 3.05) is 24.6 Å². The number of aliphatic hydroxyl groups is 2. The van der Waals surface area contributed by atoms with Crippen molar-refractivity contribution in [2.24, 2.45) is 0 Å². The Hall–Kier alpha value is -2.76. The second kappa shape index (κ2) is 18.0. The number of hydrogen-bond acceptors (Lipinski definition) is 18. The van der Waals surface area contributed by atoms with Crippen LogP contribution in [0.1, 0.15) is 57.6 Å². The number of thioether (sulfide) groups is 1. The highest BCUT2D eigenvalue weighted by Crippen LogP contribution is 2.67. The number of amides is 3. The zero-order chi connectivity index (χ0) is 39.3. The van der Waals surface area contributed by atoms with Crippen molar-refractivity contribution < 1.29 is 75.4 Å². The number of rotatable bonds is 20. The van der Waals surface area contributed by atoms with Crippen molar-refractivity contribution in [1.82, 2.24) is 35.5 Å². The number of nitrogens with two attached hydrogens (primary N) is 1. The molecule has 0 aliphatic carbocycles. The predicted molar refractivity (Wildman–Crippen MR) is 185 cm³/mol. The molecule has 10 N–H and O–H groups in total. The molecule has 4 unspecified atom stereocenters. The zero-order valence-electron chi connectivity index (χ0n) is 28.3. The first-order valence-electron chi connectivity index (χ1n) is 16.6. The molecule has 10 atom stereocenters. The maximum absolute atomic E-state index is 12.4. The Labute approximate surface area is 311 Å². The number of nitrogen functional groups attached to an aromatic ring is 1. The van der Waals surface area contributed by atoms with Gasteiger partial charge in [-0.1, -0.05) is 12.8 Å². The van der Waals surface area contributed by atoms with Gasteiger partial charge in [0.2, 0.25) is 5.91 Å². The standard InChI is InChI=1S/C26H41N8O16P3S/c27-23-20-24(30-12-29-23)34(13-31-20)25-22(38)21(37)15(47-25)10-46-51(40,41)49-53(44,45)50-52(42,43)48-18(36)8-2-1-5-9-28-17(35)7-4-3-6-16-19-14(11-54-16)32-26(39)33-19/h12-16,19,21-22,25,37-38H,1-11H2,(H,28,35)(H,40,41)(H,42,43)(H,44,45)(H2,27,29,30)(H2,32,33,39)/t14-,15+,16-,19-,21?,22-,25+/m0/s1. The molecular formula is C26H41N8O16P3S. The number of unbranched alkanes of at least 4 members (excludes halogenated alkanes) is 3. The molecule has 0 bridgehead atoms. The lowest BCUT2D eigenvalue weighted by Crippen LogP contribution is -2.36. The molecule has 3 fully saturated rings. The fraction of sp³-hybridized carbons (Fsp3) is 0.692. The number of carbonyl (C=O) groups is 3. The molecule has 302 valence electrons. The third-order valence-corrected chi connectivity index (χ3v) is 14.2. The number of phosphoric acid groups is 3. The van der Waals surface area contributed by atoms with Gasteiger partial charge in [-0.15, -0.1) is 0 Å². The monoisotopic (exact) mass is 846 g/mol. The van der Waals surface area contributed by atoms with Gasteiger partial charge in [-0.2, -0.15) is 20.4 Å². The molecule has 28 heteroatoms. The van der Waals surface area contributed by atoms with Gasteiger partial charge in [-0.3, -0.25) is 23.6 Å². The van der Waals surface area contributed by atoms with Crippen LogP contribution in [0, 0.1) is 0 Å². The lowest BCUT2D eigenvalue weighted by molar-refractivity contribution is -0.135. The van der Waals surface area contributed by atoms with E-state index in [9.17, 15) is 53.0 Å². The molecule has 3 saturated heterocycles. The maximum Gasteiger partial charge on any atom is 0.538 e. The molecule has 0 saturated carbocycles. The number of imidazole rings is 1. The van der Waals surface area contributed by atoms with Gasteiger partial charge in [0.25, 0.3) is 0 Å². The van der Waals surface area contributed by atoms with Crippen LogP contribution in [-0.2, 0) is 45.7 Å². The smallest absolute Gasteiger partial charge is 0.387 e. The Morgan fingerprint density at radius 2 is 1.72 bits per heavy atom. The third kappa shape index (κ3) is 11.4. The maximum atomic E-state index is 12.4. The van der Waals surface area contributed by atoms with Gasteiger partial charge < -0.3 is 50.9 Å². The number of fused-ring (bicyclic) bond motifs is 2. The van der Waals surface area contributed by atoms with Crippen LogP contribution in [-0.4, -0.2) is 117 Å². The van der Waals surface area contributed by atoms with E-state index in [0.717, 1.165) is 24.9 Å². The van der Waals surface area contributed by atoms with E-state index in [4.69, 9.17) is 10.5 Å². The van der Waals surface area contributed by atoms with Crippen LogP contribution in [0.25, 0.3) is 11.2 Å². The van der Waals surface area contributed by atoms with Crippen LogP contribution in [0.15, 0.2) is 12.7 Å². The van der Waals surface area contributed by atoms with Crippen LogP contribution in [0.5, 0.6) is 0 Å². The Morgan fingerprint density at radius 1 is 0.981 bits per heavy atom. The van der Waals surface area contributed by atoms with Crippen molar-refractivity contribution >= 4 is 70.1 Å². The quantitative estimate of drug-likeness (QED) is 0.0492. The van der Waals surface area contributed by atoms with Gasteiger partial charge in [0.15, 0.2) is 17.7 Å². The van der Waals surface area contributed by atoms with Crippen molar-refractivity contribution in [2.45, 2.75) is 93.2 Å². The summed E-state index contributed by atoms with van der Waals surface area (Å²) in [5.74, 6) is -0.541. The number of nitrogens with zero attached hydrogens (tertiary/aromatic N) is 4. The summed E-state index contributed by atoms with van der Waals surface area (Å²) in [6.45, 7) is -0.688. The number of anilines is 1. The van der Waals surface area contributed by atoms with E-state index >= 15 is 0 Å². The minimum absolute atomic E-state index is 0.0218. The van der Waals surface area contributed by atoms with Gasteiger partial charge in [0, 0.05) is 30.4 Å². The molecule has 0 spiro atoms. The van der Waals surface area contributed by atoms with E-state index in [-0.39, 0.29) is 47.4 Å². The highest BCUT2D eigenvalue weighted by Gasteiger charge is 2.48. The lowest BCUT2D eigenvalue weighted by Gasteiger charge is -2.20. The number of nitrogens with one attached hydrogen (secondary N) is 3. The first-order valence-corrected chi connectivity index (χ1v) is 22.1. The number of urea groups is 1. The summed E-state index contributed by atoms with van der Waals surface area (Å²) in [6, 6.07) is 0.125. The highest BCUT2D eigenvalue weighted by molar-refractivity contribution is 8.00. The second-order valence-electron chi connectivity index (χ2n) is 12.5. The topological polar surface area (TPSA) is 355 Å². The normalized spacial score (nSPS) is 28.4. The minimum atomic E-state index is -5.92. The van der Waals surface area contributed by atoms with Gasteiger partial charge in [-0.25, -0.2) is 33.4 Å². The van der Waals surface area contributed by atoms with Crippen LogP contribution in [0.2, 0.25) is 0 Å². The van der Waals surface area contributed by atoms with Crippen LogP contribution in [0.4, 0.5) is 10.6 Å². The van der Waals surface area contributed by atoms with Crippen molar-refractivity contribution in [3.63, 3.8) is 0 Å². The SMILES string of the molecule is Nc1ncnc2c1ncn2[C@@H]1O[C@H](COP(=O)(O)OP(=O)(O)OP(=O)(O)OC(=O)CCCCCNC(=O)CCCC[C@@H]2SC[C@@H]3NC(=O)N[C@@H]32)C(O)[C@@H]1O. The van der Waals surface area contributed by atoms with Gasteiger partial charge in [-0.05, 0) is 25.7 Å². The van der Waals surface area contributed by atoms with E-state index in [0.29, 0.717) is 37.5 Å². The molecular weight excluding hydrogens is 805 g/mol. The number of aliphatic hydroxyl groups excluding tert-OH is 2. The molecule has 3 aliphatic rings. The molecule has 5 rings (SSSR count). The molecule has 2 aromatic rings. The van der Waals surface area contributed by atoms with E-state index < -0.39 is 67.0 Å². The molecule has 54 heavy (non-hydrogen) atoms.